The lowest BCUT2D eigenvalue weighted by molar-refractivity contribution is 1.17. The predicted molar refractivity (Wildman–Crippen MR) is 225 cm³/mol. The van der Waals surface area contributed by atoms with E-state index in [-0.39, 0.29) is 0 Å². The molecule has 0 radical (unpaired) electrons. The fraction of sp³-hybridized carbons (Fsp3) is 0. The molecule has 4 heteroatoms. The van der Waals surface area contributed by atoms with Crippen LogP contribution in [-0.4, -0.2) is 19.1 Å². The lowest BCUT2D eigenvalue weighted by Crippen LogP contribution is -1.97. The highest BCUT2D eigenvalue weighted by molar-refractivity contribution is 6.19. The second-order valence-electron chi connectivity index (χ2n) is 13.9. The van der Waals surface area contributed by atoms with E-state index in [0.29, 0.717) is 5.82 Å². The molecule has 4 nitrogen and oxygen atoms in total. The molecule has 0 spiro atoms. The summed E-state index contributed by atoms with van der Waals surface area (Å²) in [6.07, 6.45) is 0. The van der Waals surface area contributed by atoms with E-state index in [1.165, 1.54) is 43.6 Å². The summed E-state index contributed by atoms with van der Waals surface area (Å²) in [6, 6.07) is 69.1. The first kappa shape index (κ1) is 30.3. The second-order valence-corrected chi connectivity index (χ2v) is 13.9. The van der Waals surface area contributed by atoms with Gasteiger partial charge in [0.1, 0.15) is 0 Å². The molecule has 8 aromatic carbocycles. The van der Waals surface area contributed by atoms with E-state index in [2.05, 4.69) is 191 Å². The van der Waals surface area contributed by atoms with E-state index >= 15 is 0 Å². The van der Waals surface area contributed by atoms with Gasteiger partial charge in [-0.25, -0.2) is 9.97 Å². The highest BCUT2D eigenvalue weighted by Gasteiger charge is 2.19. The van der Waals surface area contributed by atoms with Gasteiger partial charge >= 0.3 is 0 Å². The molecule has 0 bridgehead atoms. The van der Waals surface area contributed by atoms with Crippen LogP contribution in [0.2, 0.25) is 0 Å². The summed E-state index contributed by atoms with van der Waals surface area (Å²) >= 11 is 0. The minimum absolute atomic E-state index is 0.704. The maximum absolute atomic E-state index is 5.12. The molecule has 11 aromatic rings. The molecule has 0 N–H and O–H groups in total. The Bertz CT molecular complexity index is 3140. The fourth-order valence-corrected chi connectivity index (χ4v) is 8.17. The minimum Gasteiger partial charge on any atom is -0.309 e. The van der Waals surface area contributed by atoms with Crippen molar-refractivity contribution in [2.75, 3.05) is 0 Å². The van der Waals surface area contributed by atoms with E-state index in [1.807, 2.05) is 12.1 Å². The summed E-state index contributed by atoms with van der Waals surface area (Å²) in [7, 11) is 0. The first-order chi connectivity index (χ1) is 26.8. The Morgan fingerprint density at radius 3 is 1.43 bits per heavy atom. The first-order valence-corrected chi connectivity index (χ1v) is 18.3. The quantitative estimate of drug-likeness (QED) is 0.180. The standard InChI is InChI=1S/C50H32N4/c1-4-14-34(15-5-1)44-31-45(35-16-6-2-7-17-35)52-50(51-44)36-25-24-33-26-27-39(29-37(33)28-36)54-47-23-13-11-21-41(47)43-30-42-40-20-10-12-22-46(40)53(48(42)32-49(43)54)38-18-8-3-9-19-38/h1-32H. The molecule has 0 unspecified atom stereocenters. The second kappa shape index (κ2) is 12.1. The number of fused-ring (bicyclic) bond motifs is 7. The van der Waals surface area contributed by atoms with E-state index in [0.717, 1.165) is 50.2 Å². The Hall–Kier alpha value is -7.30. The lowest BCUT2D eigenvalue weighted by Gasteiger charge is -2.12. The average Bonchev–Trinajstić information content (AvgIpc) is 3.75. The summed E-state index contributed by atoms with van der Waals surface area (Å²) in [5.74, 6) is 0.704. The molecule has 0 saturated carbocycles. The smallest absolute Gasteiger partial charge is 0.160 e. The summed E-state index contributed by atoms with van der Waals surface area (Å²) < 4.78 is 4.81. The molecular weight excluding hydrogens is 657 g/mol. The molecule has 3 heterocycles. The van der Waals surface area contributed by atoms with Gasteiger partial charge in [-0.1, -0.05) is 133 Å². The molecule has 0 saturated heterocycles. The molecular formula is C50H32N4. The van der Waals surface area contributed by atoms with Crippen molar-refractivity contribution in [2.45, 2.75) is 0 Å². The van der Waals surface area contributed by atoms with Crippen molar-refractivity contribution in [2.24, 2.45) is 0 Å². The SMILES string of the molecule is c1ccc(-c2cc(-c3ccccc3)nc(-c3ccc4ccc(-n5c6ccccc6c6cc7c8ccccc8n(-c8ccccc8)c7cc65)cc4c3)n2)cc1. The van der Waals surface area contributed by atoms with Crippen molar-refractivity contribution >= 4 is 54.4 Å². The number of aromatic nitrogens is 4. The summed E-state index contributed by atoms with van der Waals surface area (Å²) in [4.78, 5) is 10.2. The summed E-state index contributed by atoms with van der Waals surface area (Å²) in [6.45, 7) is 0. The van der Waals surface area contributed by atoms with Gasteiger partial charge in [0.25, 0.3) is 0 Å². The Balaban J connectivity index is 1.12. The highest BCUT2D eigenvalue weighted by Crippen LogP contribution is 2.40. The van der Waals surface area contributed by atoms with E-state index in [1.54, 1.807) is 0 Å². The molecule has 11 rings (SSSR count). The normalized spacial score (nSPS) is 11.7. The molecule has 0 aliphatic heterocycles. The van der Waals surface area contributed by atoms with Crippen LogP contribution in [0.1, 0.15) is 0 Å². The van der Waals surface area contributed by atoms with Crippen molar-refractivity contribution < 1.29 is 0 Å². The molecule has 0 atom stereocenters. The van der Waals surface area contributed by atoms with Crippen molar-refractivity contribution in [3.63, 3.8) is 0 Å². The van der Waals surface area contributed by atoms with Crippen LogP contribution in [-0.2, 0) is 0 Å². The van der Waals surface area contributed by atoms with Gasteiger partial charge in [-0.2, -0.15) is 0 Å². The first-order valence-electron chi connectivity index (χ1n) is 18.3. The van der Waals surface area contributed by atoms with Crippen molar-refractivity contribution in [1.82, 2.24) is 19.1 Å². The zero-order chi connectivity index (χ0) is 35.6. The van der Waals surface area contributed by atoms with Crippen LogP contribution >= 0.6 is 0 Å². The minimum atomic E-state index is 0.704. The van der Waals surface area contributed by atoms with Crippen LogP contribution in [0.15, 0.2) is 194 Å². The number of nitrogens with zero attached hydrogens (tertiary/aromatic N) is 4. The van der Waals surface area contributed by atoms with Crippen LogP contribution in [0.3, 0.4) is 0 Å². The zero-order valence-corrected chi connectivity index (χ0v) is 29.3. The van der Waals surface area contributed by atoms with Gasteiger partial charge in [-0.15, -0.1) is 0 Å². The van der Waals surface area contributed by atoms with Crippen LogP contribution in [0.5, 0.6) is 0 Å². The molecule has 0 aliphatic carbocycles. The number of hydrogen-bond acceptors (Lipinski definition) is 2. The number of rotatable bonds is 5. The van der Waals surface area contributed by atoms with Gasteiger partial charge in [-0.05, 0) is 71.4 Å². The van der Waals surface area contributed by atoms with Gasteiger partial charge in [-0.3, -0.25) is 0 Å². The molecule has 0 amide bonds. The van der Waals surface area contributed by atoms with Crippen LogP contribution in [0, 0.1) is 0 Å². The maximum Gasteiger partial charge on any atom is 0.160 e. The van der Waals surface area contributed by atoms with Gasteiger partial charge in [0.2, 0.25) is 0 Å². The molecule has 252 valence electrons. The summed E-state index contributed by atoms with van der Waals surface area (Å²) in [5.41, 5.74) is 11.9. The van der Waals surface area contributed by atoms with Crippen LogP contribution < -0.4 is 0 Å². The molecule has 54 heavy (non-hydrogen) atoms. The third kappa shape index (κ3) is 4.85. The number of benzene rings is 8. The third-order valence-corrected chi connectivity index (χ3v) is 10.7. The Kier molecular flexibility index (Phi) is 6.82. The monoisotopic (exact) mass is 688 g/mol. The Labute approximate surface area is 311 Å². The van der Waals surface area contributed by atoms with Crippen LogP contribution in [0.25, 0.3) is 99.7 Å². The van der Waals surface area contributed by atoms with Crippen molar-refractivity contribution in [3.8, 4) is 45.3 Å². The number of para-hydroxylation sites is 3. The maximum atomic E-state index is 5.12. The van der Waals surface area contributed by atoms with Gasteiger partial charge in [0, 0.05) is 49.6 Å². The van der Waals surface area contributed by atoms with Crippen LogP contribution in [0.4, 0.5) is 0 Å². The Morgan fingerprint density at radius 1 is 0.296 bits per heavy atom. The Morgan fingerprint density at radius 2 is 0.815 bits per heavy atom. The largest absolute Gasteiger partial charge is 0.309 e. The van der Waals surface area contributed by atoms with E-state index in [4.69, 9.17) is 9.97 Å². The molecule has 0 aliphatic rings. The van der Waals surface area contributed by atoms with E-state index in [9.17, 15) is 0 Å². The lowest BCUT2D eigenvalue weighted by atomic mass is 10.0. The number of hydrogen-bond donors (Lipinski definition) is 0. The van der Waals surface area contributed by atoms with Gasteiger partial charge < -0.3 is 9.13 Å². The highest BCUT2D eigenvalue weighted by atomic mass is 15.0. The molecule has 3 aromatic heterocycles. The average molecular weight is 689 g/mol. The molecule has 0 fully saturated rings. The predicted octanol–water partition coefficient (Wildman–Crippen LogP) is 12.8. The van der Waals surface area contributed by atoms with Gasteiger partial charge in [0.15, 0.2) is 5.82 Å². The zero-order valence-electron chi connectivity index (χ0n) is 29.3. The van der Waals surface area contributed by atoms with Gasteiger partial charge in [0.05, 0.1) is 33.5 Å². The van der Waals surface area contributed by atoms with Crippen molar-refractivity contribution in [1.29, 1.82) is 0 Å². The topological polar surface area (TPSA) is 35.6 Å². The van der Waals surface area contributed by atoms with E-state index < -0.39 is 0 Å². The van der Waals surface area contributed by atoms with Crippen molar-refractivity contribution in [3.05, 3.63) is 194 Å². The summed E-state index contributed by atoms with van der Waals surface area (Å²) in [5, 5.41) is 7.27. The fourth-order valence-electron chi connectivity index (χ4n) is 8.17. The third-order valence-electron chi connectivity index (χ3n) is 10.7.